The van der Waals surface area contributed by atoms with Crippen LogP contribution in [-0.2, 0) is 0 Å². The minimum atomic E-state index is 0.459. The number of hydrogen-bond acceptors (Lipinski definition) is 4. The van der Waals surface area contributed by atoms with E-state index in [2.05, 4.69) is 46.3 Å². The molecule has 0 bridgehead atoms. The molecule has 2 aliphatic heterocycles. The van der Waals surface area contributed by atoms with Crippen LogP contribution in [0.5, 0.6) is 5.75 Å². The van der Waals surface area contributed by atoms with Crippen LogP contribution in [0.4, 0.5) is 0 Å². The van der Waals surface area contributed by atoms with Gasteiger partial charge in [-0.3, -0.25) is 4.90 Å². The summed E-state index contributed by atoms with van der Waals surface area (Å²) in [7, 11) is 1.77. The fraction of sp³-hybridized carbons (Fsp3) is 0.714. The number of ether oxygens (including phenoxy) is 1. The standard InChI is InChI=1S/C21H35N3O/c1-3-19-16-22-11-14-24(19)21(17-23-12-6-4-5-7-13-23)18-9-8-10-20(15-18)25-2/h8-10,15,19,21-22H,3-7,11-14,16-17H2,1-2H3. The van der Waals surface area contributed by atoms with Crippen LogP contribution in [0.3, 0.4) is 0 Å². The fourth-order valence-corrected chi connectivity index (χ4v) is 4.38. The zero-order chi connectivity index (χ0) is 17.5. The van der Waals surface area contributed by atoms with Gasteiger partial charge in [0.2, 0.25) is 0 Å². The number of piperazine rings is 1. The number of hydrogen-bond donors (Lipinski definition) is 1. The van der Waals surface area contributed by atoms with Crippen LogP contribution in [0.2, 0.25) is 0 Å². The second kappa shape index (κ2) is 9.56. The maximum atomic E-state index is 5.51. The summed E-state index contributed by atoms with van der Waals surface area (Å²) in [6, 6.07) is 9.82. The summed E-state index contributed by atoms with van der Waals surface area (Å²) in [5, 5.41) is 3.58. The van der Waals surface area contributed by atoms with E-state index in [1.807, 2.05) is 0 Å². The Bertz CT molecular complexity index is 514. The van der Waals surface area contributed by atoms with Gasteiger partial charge in [0, 0.05) is 38.3 Å². The molecule has 0 aliphatic carbocycles. The Kier molecular flexibility index (Phi) is 7.14. The number of benzene rings is 1. The van der Waals surface area contributed by atoms with Crippen LogP contribution in [-0.4, -0.2) is 62.2 Å². The van der Waals surface area contributed by atoms with E-state index in [0.717, 1.165) is 31.9 Å². The summed E-state index contributed by atoms with van der Waals surface area (Å²) in [5.41, 5.74) is 1.41. The zero-order valence-corrected chi connectivity index (χ0v) is 16.0. The first-order valence-corrected chi connectivity index (χ1v) is 10.1. The second-order valence-electron chi connectivity index (χ2n) is 7.51. The third-order valence-electron chi connectivity index (χ3n) is 5.88. The zero-order valence-electron chi connectivity index (χ0n) is 16.0. The van der Waals surface area contributed by atoms with E-state index in [1.165, 1.54) is 50.8 Å². The summed E-state index contributed by atoms with van der Waals surface area (Å²) in [5.74, 6) is 0.974. The maximum Gasteiger partial charge on any atom is 0.119 e. The van der Waals surface area contributed by atoms with Gasteiger partial charge in [0.1, 0.15) is 5.75 Å². The Labute approximate surface area is 153 Å². The molecule has 2 aliphatic rings. The van der Waals surface area contributed by atoms with Gasteiger partial charge in [-0.25, -0.2) is 0 Å². The predicted octanol–water partition coefficient (Wildman–Crippen LogP) is 3.30. The Morgan fingerprint density at radius 1 is 1.16 bits per heavy atom. The minimum absolute atomic E-state index is 0.459. The molecule has 140 valence electrons. The molecule has 4 nitrogen and oxygen atoms in total. The van der Waals surface area contributed by atoms with Crippen molar-refractivity contribution in [3.8, 4) is 5.75 Å². The highest BCUT2D eigenvalue weighted by atomic mass is 16.5. The van der Waals surface area contributed by atoms with E-state index in [1.54, 1.807) is 7.11 Å². The Morgan fingerprint density at radius 2 is 1.96 bits per heavy atom. The molecule has 25 heavy (non-hydrogen) atoms. The van der Waals surface area contributed by atoms with Crippen molar-refractivity contribution < 1.29 is 4.74 Å². The van der Waals surface area contributed by atoms with E-state index in [4.69, 9.17) is 4.74 Å². The SMILES string of the molecule is CCC1CNCCN1C(CN1CCCCCC1)c1cccc(OC)c1. The number of likely N-dealkylation sites (tertiary alicyclic amines) is 1. The molecule has 2 atom stereocenters. The van der Waals surface area contributed by atoms with E-state index in [0.29, 0.717) is 12.1 Å². The molecular formula is C21H35N3O. The van der Waals surface area contributed by atoms with Gasteiger partial charge in [-0.05, 0) is 50.0 Å². The van der Waals surface area contributed by atoms with E-state index in [-0.39, 0.29) is 0 Å². The molecule has 4 heteroatoms. The highest BCUT2D eigenvalue weighted by Crippen LogP contribution is 2.29. The highest BCUT2D eigenvalue weighted by Gasteiger charge is 2.30. The Hall–Kier alpha value is -1.10. The molecule has 1 aromatic carbocycles. The van der Waals surface area contributed by atoms with Crippen molar-refractivity contribution in [2.75, 3.05) is 46.4 Å². The normalized spacial score (nSPS) is 24.6. The molecule has 0 radical (unpaired) electrons. The second-order valence-corrected chi connectivity index (χ2v) is 7.51. The maximum absolute atomic E-state index is 5.51. The third kappa shape index (κ3) is 4.96. The average Bonchev–Trinajstić information content (AvgIpc) is 2.95. The van der Waals surface area contributed by atoms with Crippen molar-refractivity contribution in [1.82, 2.24) is 15.1 Å². The van der Waals surface area contributed by atoms with E-state index in [9.17, 15) is 0 Å². The van der Waals surface area contributed by atoms with Gasteiger partial charge < -0.3 is 15.0 Å². The van der Waals surface area contributed by atoms with Crippen LogP contribution < -0.4 is 10.1 Å². The summed E-state index contributed by atoms with van der Waals surface area (Å²) >= 11 is 0. The molecule has 3 rings (SSSR count). The number of rotatable bonds is 6. The van der Waals surface area contributed by atoms with Gasteiger partial charge in [-0.1, -0.05) is 31.9 Å². The molecule has 0 spiro atoms. The van der Waals surface area contributed by atoms with Gasteiger partial charge in [0.15, 0.2) is 0 Å². The lowest BCUT2D eigenvalue weighted by atomic mass is 9.99. The van der Waals surface area contributed by atoms with Gasteiger partial charge in [-0.2, -0.15) is 0 Å². The van der Waals surface area contributed by atoms with Crippen LogP contribution in [0.1, 0.15) is 50.6 Å². The van der Waals surface area contributed by atoms with Crippen molar-refractivity contribution in [3.63, 3.8) is 0 Å². The quantitative estimate of drug-likeness (QED) is 0.856. The Morgan fingerprint density at radius 3 is 2.68 bits per heavy atom. The van der Waals surface area contributed by atoms with Crippen LogP contribution in [0.15, 0.2) is 24.3 Å². The van der Waals surface area contributed by atoms with Gasteiger partial charge in [0.25, 0.3) is 0 Å². The predicted molar refractivity (Wildman–Crippen MR) is 104 cm³/mol. The monoisotopic (exact) mass is 345 g/mol. The van der Waals surface area contributed by atoms with Crippen molar-refractivity contribution in [2.24, 2.45) is 0 Å². The van der Waals surface area contributed by atoms with Crippen LogP contribution >= 0.6 is 0 Å². The van der Waals surface area contributed by atoms with Crippen molar-refractivity contribution in [3.05, 3.63) is 29.8 Å². The van der Waals surface area contributed by atoms with Gasteiger partial charge >= 0.3 is 0 Å². The van der Waals surface area contributed by atoms with Crippen molar-refractivity contribution >= 4 is 0 Å². The molecule has 1 aromatic rings. The first kappa shape index (κ1) is 18.7. The first-order chi connectivity index (χ1) is 12.3. The largest absolute Gasteiger partial charge is 0.497 e. The lowest BCUT2D eigenvalue weighted by Gasteiger charge is -2.43. The minimum Gasteiger partial charge on any atom is -0.497 e. The molecule has 1 N–H and O–H groups in total. The molecule has 0 saturated carbocycles. The third-order valence-corrected chi connectivity index (χ3v) is 5.88. The summed E-state index contributed by atoms with van der Waals surface area (Å²) in [4.78, 5) is 5.45. The van der Waals surface area contributed by atoms with Gasteiger partial charge in [0.05, 0.1) is 7.11 Å². The lowest BCUT2D eigenvalue weighted by molar-refractivity contribution is 0.0748. The molecule has 2 saturated heterocycles. The van der Waals surface area contributed by atoms with Crippen molar-refractivity contribution in [1.29, 1.82) is 0 Å². The smallest absolute Gasteiger partial charge is 0.119 e. The topological polar surface area (TPSA) is 27.7 Å². The molecule has 2 unspecified atom stereocenters. The number of nitrogens with one attached hydrogen (secondary N) is 1. The van der Waals surface area contributed by atoms with E-state index < -0.39 is 0 Å². The summed E-state index contributed by atoms with van der Waals surface area (Å²) in [6.45, 7) is 9.30. The average molecular weight is 346 g/mol. The summed E-state index contributed by atoms with van der Waals surface area (Å²) in [6.07, 6.45) is 6.69. The van der Waals surface area contributed by atoms with Gasteiger partial charge in [-0.15, -0.1) is 0 Å². The first-order valence-electron chi connectivity index (χ1n) is 10.1. The molecule has 2 heterocycles. The molecular weight excluding hydrogens is 310 g/mol. The number of nitrogens with zero attached hydrogens (tertiary/aromatic N) is 2. The lowest BCUT2D eigenvalue weighted by Crippen LogP contribution is -2.54. The fourth-order valence-electron chi connectivity index (χ4n) is 4.38. The highest BCUT2D eigenvalue weighted by molar-refractivity contribution is 5.31. The van der Waals surface area contributed by atoms with E-state index >= 15 is 0 Å². The molecule has 2 fully saturated rings. The Balaban J connectivity index is 1.83. The van der Waals surface area contributed by atoms with Crippen LogP contribution in [0.25, 0.3) is 0 Å². The molecule has 0 amide bonds. The van der Waals surface area contributed by atoms with Crippen LogP contribution in [0, 0.1) is 0 Å². The molecule has 0 aromatic heterocycles. The number of methoxy groups -OCH3 is 1. The summed E-state index contributed by atoms with van der Waals surface area (Å²) < 4.78 is 5.51. The van der Waals surface area contributed by atoms with Crippen molar-refractivity contribution in [2.45, 2.75) is 51.1 Å².